The molecule has 0 aliphatic heterocycles. The van der Waals surface area contributed by atoms with Crippen molar-refractivity contribution in [2.24, 2.45) is 10.8 Å². The van der Waals surface area contributed by atoms with E-state index < -0.39 is 0 Å². The minimum absolute atomic E-state index is 0.207. The molecular formula is C19H38. The van der Waals surface area contributed by atoms with E-state index >= 15 is 0 Å². The van der Waals surface area contributed by atoms with Gasteiger partial charge in [-0.1, -0.05) is 93.2 Å². The van der Waals surface area contributed by atoms with E-state index in [9.17, 15) is 0 Å². The zero-order valence-corrected chi connectivity index (χ0v) is 15.2. The van der Waals surface area contributed by atoms with E-state index in [1.807, 2.05) is 33.8 Å². The van der Waals surface area contributed by atoms with Crippen molar-refractivity contribution in [1.82, 2.24) is 0 Å². The first-order chi connectivity index (χ1) is 8.73. The fourth-order valence-electron chi connectivity index (χ4n) is 2.24. The van der Waals surface area contributed by atoms with Gasteiger partial charge in [-0.2, -0.15) is 0 Å². The summed E-state index contributed by atoms with van der Waals surface area (Å²) in [5, 5.41) is 0. The van der Waals surface area contributed by atoms with E-state index in [0.717, 1.165) is 0 Å². The molecule has 0 bridgehead atoms. The molecule has 0 amide bonds. The van der Waals surface area contributed by atoms with Crippen LogP contribution in [0, 0.1) is 10.8 Å². The largest absolute Gasteiger partial charge is 0.0991 e. The molecule has 0 N–H and O–H groups in total. The molecule has 0 spiro atoms. The van der Waals surface area contributed by atoms with Crippen molar-refractivity contribution in [3.63, 3.8) is 0 Å². The van der Waals surface area contributed by atoms with Gasteiger partial charge >= 0.3 is 0 Å². The quantitative estimate of drug-likeness (QED) is 0.472. The Morgan fingerprint density at radius 2 is 1.37 bits per heavy atom. The second kappa shape index (κ2) is 12.3. The van der Waals surface area contributed by atoms with Gasteiger partial charge in [0.2, 0.25) is 0 Å². The summed E-state index contributed by atoms with van der Waals surface area (Å²) in [6, 6.07) is 0. The van der Waals surface area contributed by atoms with Gasteiger partial charge in [-0.15, -0.1) is 0 Å². The van der Waals surface area contributed by atoms with E-state index in [-0.39, 0.29) is 5.41 Å². The number of rotatable bonds is 4. The Kier molecular flexibility index (Phi) is 15.1. The van der Waals surface area contributed by atoms with Crippen LogP contribution in [0.2, 0.25) is 0 Å². The van der Waals surface area contributed by atoms with E-state index in [2.05, 4.69) is 66.3 Å². The minimum atomic E-state index is 0.207. The second-order valence-electron chi connectivity index (χ2n) is 5.98. The maximum atomic E-state index is 3.78. The highest BCUT2D eigenvalue weighted by molar-refractivity contribution is 5.28. The lowest BCUT2D eigenvalue weighted by Gasteiger charge is -2.33. The number of hydrogen-bond donors (Lipinski definition) is 0. The highest BCUT2D eigenvalue weighted by Crippen LogP contribution is 2.39. The molecule has 0 nitrogen and oxygen atoms in total. The van der Waals surface area contributed by atoms with Crippen LogP contribution in [0.5, 0.6) is 0 Å². The lowest BCUT2D eigenvalue weighted by Crippen LogP contribution is -2.22. The second-order valence-corrected chi connectivity index (χ2v) is 5.98. The molecule has 0 rings (SSSR count). The van der Waals surface area contributed by atoms with Crippen LogP contribution in [0.25, 0.3) is 0 Å². The third-order valence-corrected chi connectivity index (χ3v) is 2.40. The van der Waals surface area contributed by atoms with Crippen LogP contribution in [0.1, 0.15) is 75.7 Å². The molecule has 0 aromatic heterocycles. The van der Waals surface area contributed by atoms with E-state index in [1.165, 1.54) is 12.0 Å². The van der Waals surface area contributed by atoms with Crippen molar-refractivity contribution in [3.8, 4) is 0 Å². The van der Waals surface area contributed by atoms with Crippen molar-refractivity contribution in [1.29, 1.82) is 0 Å². The molecule has 114 valence electrons. The van der Waals surface area contributed by atoms with Crippen molar-refractivity contribution in [2.45, 2.75) is 75.7 Å². The van der Waals surface area contributed by atoms with Crippen LogP contribution in [0.4, 0.5) is 0 Å². The maximum Gasteiger partial charge on any atom is -0.00987 e. The van der Waals surface area contributed by atoms with Gasteiger partial charge in [-0.3, -0.25) is 0 Å². The van der Waals surface area contributed by atoms with Gasteiger partial charge in [-0.25, -0.2) is 0 Å². The summed E-state index contributed by atoms with van der Waals surface area (Å²) >= 11 is 0. The third kappa shape index (κ3) is 13.5. The SMILES string of the molecule is C=C/C=C(\C=C/C)C(C)(C)CC(C)(C)C.CC.CC. The molecule has 0 aliphatic rings. The monoisotopic (exact) mass is 266 g/mol. The molecule has 0 aromatic rings. The van der Waals surface area contributed by atoms with Crippen LogP contribution < -0.4 is 0 Å². The summed E-state index contributed by atoms with van der Waals surface area (Å²) in [6.45, 7) is 25.3. The molecule has 0 radical (unpaired) electrons. The molecule has 19 heavy (non-hydrogen) atoms. The molecule has 0 saturated carbocycles. The fourth-order valence-corrected chi connectivity index (χ4v) is 2.24. The van der Waals surface area contributed by atoms with Crippen LogP contribution in [-0.2, 0) is 0 Å². The highest BCUT2D eigenvalue weighted by Gasteiger charge is 2.27. The average molecular weight is 267 g/mol. The lowest BCUT2D eigenvalue weighted by molar-refractivity contribution is 0.253. The van der Waals surface area contributed by atoms with E-state index in [0.29, 0.717) is 5.41 Å². The normalized spacial score (nSPS) is 12.2. The van der Waals surface area contributed by atoms with Crippen molar-refractivity contribution in [2.75, 3.05) is 0 Å². The summed E-state index contributed by atoms with van der Waals surface area (Å²) in [5.74, 6) is 0. The molecule has 0 unspecified atom stereocenters. The van der Waals surface area contributed by atoms with Gasteiger partial charge in [0.15, 0.2) is 0 Å². The smallest absolute Gasteiger partial charge is 0.00987 e. The standard InChI is InChI=1S/C15H26.2C2H6/c1-8-10-13(11-9-2)15(6,7)12-14(3,4)5;2*1-2/h8-11H,1,12H2,2-7H3;2*1-2H3/b11-9-,13-10+;;. The molecule has 0 aliphatic carbocycles. The minimum Gasteiger partial charge on any atom is -0.0991 e. The maximum absolute atomic E-state index is 3.78. The average Bonchev–Trinajstić information content (AvgIpc) is 2.31. The zero-order valence-electron chi connectivity index (χ0n) is 15.2. The van der Waals surface area contributed by atoms with Gasteiger partial charge < -0.3 is 0 Å². The molecule has 0 atom stereocenters. The first kappa shape index (κ1) is 23.3. The van der Waals surface area contributed by atoms with E-state index in [1.54, 1.807) is 0 Å². The molecule has 0 saturated heterocycles. The van der Waals surface area contributed by atoms with Gasteiger partial charge in [0.1, 0.15) is 0 Å². The first-order valence-corrected chi connectivity index (χ1v) is 7.69. The van der Waals surface area contributed by atoms with Crippen molar-refractivity contribution < 1.29 is 0 Å². The van der Waals surface area contributed by atoms with Crippen LogP contribution >= 0.6 is 0 Å². The predicted octanol–water partition coefficient (Wildman–Crippen LogP) is 7.19. The summed E-state index contributed by atoms with van der Waals surface area (Å²) in [6.07, 6.45) is 9.45. The van der Waals surface area contributed by atoms with Crippen molar-refractivity contribution >= 4 is 0 Å². The Hall–Kier alpha value is -0.780. The van der Waals surface area contributed by atoms with Crippen molar-refractivity contribution in [3.05, 3.63) is 36.5 Å². The summed E-state index contributed by atoms with van der Waals surface area (Å²) in [4.78, 5) is 0. The molecule has 0 fully saturated rings. The van der Waals surface area contributed by atoms with Gasteiger partial charge in [0, 0.05) is 0 Å². The van der Waals surface area contributed by atoms with Gasteiger partial charge in [0.05, 0.1) is 0 Å². The summed E-state index contributed by atoms with van der Waals surface area (Å²) in [5.41, 5.74) is 1.92. The van der Waals surface area contributed by atoms with Crippen LogP contribution in [0.15, 0.2) is 36.5 Å². The van der Waals surface area contributed by atoms with Gasteiger partial charge in [-0.05, 0) is 29.7 Å². The van der Waals surface area contributed by atoms with Gasteiger partial charge in [0.25, 0.3) is 0 Å². The zero-order chi connectivity index (χ0) is 16.1. The highest BCUT2D eigenvalue weighted by atomic mass is 14.3. The Bertz CT molecular complexity index is 256. The first-order valence-electron chi connectivity index (χ1n) is 7.69. The van der Waals surface area contributed by atoms with Crippen LogP contribution in [-0.4, -0.2) is 0 Å². The molecular weight excluding hydrogens is 228 g/mol. The van der Waals surface area contributed by atoms with E-state index in [4.69, 9.17) is 0 Å². The third-order valence-electron chi connectivity index (χ3n) is 2.40. The lowest BCUT2D eigenvalue weighted by atomic mass is 9.71. The molecule has 0 heteroatoms. The predicted molar refractivity (Wildman–Crippen MR) is 93.6 cm³/mol. The Morgan fingerprint density at radius 3 is 1.63 bits per heavy atom. The van der Waals surface area contributed by atoms with Crippen LogP contribution in [0.3, 0.4) is 0 Å². The summed E-state index contributed by atoms with van der Waals surface area (Å²) in [7, 11) is 0. The molecule has 0 heterocycles. The molecule has 0 aromatic carbocycles. The Morgan fingerprint density at radius 1 is 0.947 bits per heavy atom. The fraction of sp³-hybridized carbons (Fsp3) is 0.684. The summed E-state index contributed by atoms with van der Waals surface area (Å²) < 4.78 is 0. The Balaban J connectivity index is -0.000000579. The topological polar surface area (TPSA) is 0 Å². The number of hydrogen-bond acceptors (Lipinski definition) is 0. The Labute approximate surface area is 123 Å². The number of allylic oxidation sites excluding steroid dienone is 5.